The molecule has 1 atom stereocenters. The lowest BCUT2D eigenvalue weighted by Crippen LogP contribution is -2.44. The third kappa shape index (κ3) is 5.66. The first-order chi connectivity index (χ1) is 12.4. The molecule has 2 aromatic carbocycles. The lowest BCUT2D eigenvalue weighted by atomic mass is 10.1. The molecule has 2 N–H and O–H groups in total. The SMILES string of the molecule is CSCC[C@H](NC(=O)c1ccccc1Cl)C(=O)Nc1cc(Cl)ccc1C. The van der Waals surface area contributed by atoms with Crippen LogP contribution in [0.2, 0.25) is 10.0 Å². The fourth-order valence-corrected chi connectivity index (χ4v) is 3.20. The van der Waals surface area contributed by atoms with E-state index in [1.165, 1.54) is 0 Å². The molecule has 0 heterocycles. The molecular formula is C19H20Cl2N2O2S. The van der Waals surface area contributed by atoms with E-state index in [2.05, 4.69) is 10.6 Å². The minimum Gasteiger partial charge on any atom is -0.340 e. The summed E-state index contributed by atoms with van der Waals surface area (Å²) >= 11 is 13.7. The van der Waals surface area contributed by atoms with Crippen molar-refractivity contribution >= 4 is 52.5 Å². The van der Waals surface area contributed by atoms with E-state index in [0.717, 1.165) is 11.3 Å². The van der Waals surface area contributed by atoms with Gasteiger partial charge in [0.05, 0.1) is 10.6 Å². The molecule has 0 spiro atoms. The van der Waals surface area contributed by atoms with Crippen LogP contribution in [-0.2, 0) is 4.79 Å². The molecule has 0 saturated heterocycles. The van der Waals surface area contributed by atoms with Crippen molar-refractivity contribution < 1.29 is 9.59 Å². The van der Waals surface area contributed by atoms with Crippen LogP contribution in [0.4, 0.5) is 5.69 Å². The number of carbonyl (C=O) groups excluding carboxylic acids is 2. The Kier molecular flexibility index (Phi) is 7.82. The molecule has 138 valence electrons. The van der Waals surface area contributed by atoms with Crippen molar-refractivity contribution in [1.82, 2.24) is 5.32 Å². The van der Waals surface area contributed by atoms with Gasteiger partial charge in [-0.3, -0.25) is 9.59 Å². The number of hydrogen-bond acceptors (Lipinski definition) is 3. The minimum atomic E-state index is -0.676. The Hall–Kier alpha value is -1.69. The number of thioether (sulfide) groups is 1. The standard InChI is InChI=1S/C19H20Cl2N2O2S/c1-12-7-8-13(20)11-17(12)23-19(25)16(9-10-26-2)22-18(24)14-5-3-4-6-15(14)21/h3-8,11,16H,9-10H2,1-2H3,(H,22,24)(H,23,25)/t16-/m0/s1. The third-order valence-corrected chi connectivity index (χ3v) is 5.02. The lowest BCUT2D eigenvalue weighted by Gasteiger charge is -2.19. The highest BCUT2D eigenvalue weighted by Crippen LogP contribution is 2.21. The first-order valence-electron chi connectivity index (χ1n) is 8.03. The molecule has 7 heteroatoms. The number of hydrogen-bond donors (Lipinski definition) is 2. The van der Waals surface area contributed by atoms with Gasteiger partial charge in [0, 0.05) is 10.7 Å². The molecule has 0 aromatic heterocycles. The average molecular weight is 411 g/mol. The molecule has 0 aliphatic heterocycles. The monoisotopic (exact) mass is 410 g/mol. The van der Waals surface area contributed by atoms with E-state index in [1.54, 1.807) is 48.2 Å². The van der Waals surface area contributed by atoms with Gasteiger partial charge in [-0.15, -0.1) is 0 Å². The molecule has 2 aromatic rings. The van der Waals surface area contributed by atoms with Crippen LogP contribution >= 0.6 is 35.0 Å². The molecule has 2 amide bonds. The predicted octanol–water partition coefficient (Wildman–Crippen LogP) is 4.79. The summed E-state index contributed by atoms with van der Waals surface area (Å²) in [6, 6.07) is 11.4. The number of rotatable bonds is 7. The first kappa shape index (κ1) is 20.6. The van der Waals surface area contributed by atoms with Crippen LogP contribution in [0.1, 0.15) is 22.3 Å². The molecule has 26 heavy (non-hydrogen) atoms. The summed E-state index contributed by atoms with van der Waals surface area (Å²) in [5.41, 5.74) is 1.86. The summed E-state index contributed by atoms with van der Waals surface area (Å²) in [6.45, 7) is 1.88. The van der Waals surface area contributed by atoms with E-state index in [4.69, 9.17) is 23.2 Å². The van der Waals surface area contributed by atoms with Crippen LogP contribution in [0.15, 0.2) is 42.5 Å². The fourth-order valence-electron chi connectivity index (χ4n) is 2.33. The summed E-state index contributed by atoms with van der Waals surface area (Å²) in [6.07, 6.45) is 2.45. The summed E-state index contributed by atoms with van der Waals surface area (Å²) in [5, 5.41) is 6.51. The number of aryl methyl sites for hydroxylation is 1. The molecule has 2 rings (SSSR count). The average Bonchev–Trinajstić information content (AvgIpc) is 2.61. The molecule has 0 aliphatic rings. The van der Waals surface area contributed by atoms with E-state index in [1.807, 2.05) is 19.2 Å². The summed E-state index contributed by atoms with van der Waals surface area (Å²) in [5.74, 6) is 0.0691. The maximum absolute atomic E-state index is 12.7. The molecule has 0 aliphatic carbocycles. The largest absolute Gasteiger partial charge is 0.340 e. The van der Waals surface area contributed by atoms with Crippen molar-refractivity contribution in [3.05, 3.63) is 63.6 Å². The molecule has 0 radical (unpaired) electrons. The Morgan fingerprint density at radius 1 is 1.15 bits per heavy atom. The van der Waals surface area contributed by atoms with Gasteiger partial charge in [0.1, 0.15) is 6.04 Å². The van der Waals surface area contributed by atoms with Gasteiger partial charge in [0.25, 0.3) is 5.91 Å². The number of amides is 2. The Bertz CT molecular complexity index is 799. The Morgan fingerprint density at radius 3 is 2.58 bits per heavy atom. The topological polar surface area (TPSA) is 58.2 Å². The van der Waals surface area contributed by atoms with Gasteiger partial charge in [0.2, 0.25) is 5.91 Å². The van der Waals surface area contributed by atoms with Crippen molar-refractivity contribution in [2.75, 3.05) is 17.3 Å². The fraction of sp³-hybridized carbons (Fsp3) is 0.263. The third-order valence-electron chi connectivity index (χ3n) is 3.81. The molecular weight excluding hydrogens is 391 g/mol. The van der Waals surface area contributed by atoms with Crippen molar-refractivity contribution in [2.45, 2.75) is 19.4 Å². The van der Waals surface area contributed by atoms with Crippen molar-refractivity contribution in [3.63, 3.8) is 0 Å². The van der Waals surface area contributed by atoms with E-state index < -0.39 is 6.04 Å². The van der Waals surface area contributed by atoms with Gasteiger partial charge >= 0.3 is 0 Å². The van der Waals surface area contributed by atoms with Gasteiger partial charge in [-0.2, -0.15) is 11.8 Å². The summed E-state index contributed by atoms with van der Waals surface area (Å²) in [7, 11) is 0. The Morgan fingerprint density at radius 2 is 1.88 bits per heavy atom. The van der Waals surface area contributed by atoms with E-state index in [-0.39, 0.29) is 11.8 Å². The highest BCUT2D eigenvalue weighted by Gasteiger charge is 2.22. The van der Waals surface area contributed by atoms with E-state index in [0.29, 0.717) is 27.7 Å². The van der Waals surface area contributed by atoms with Crippen LogP contribution in [-0.4, -0.2) is 29.9 Å². The quantitative estimate of drug-likeness (QED) is 0.689. The highest BCUT2D eigenvalue weighted by atomic mass is 35.5. The zero-order valence-corrected chi connectivity index (χ0v) is 16.8. The maximum Gasteiger partial charge on any atom is 0.253 e. The zero-order chi connectivity index (χ0) is 19.1. The normalized spacial score (nSPS) is 11.7. The Labute approximate surface area is 167 Å². The second-order valence-electron chi connectivity index (χ2n) is 5.74. The highest BCUT2D eigenvalue weighted by molar-refractivity contribution is 7.98. The van der Waals surface area contributed by atoms with Crippen molar-refractivity contribution in [2.24, 2.45) is 0 Å². The molecule has 0 fully saturated rings. The molecule has 0 unspecified atom stereocenters. The van der Waals surface area contributed by atoms with E-state index >= 15 is 0 Å². The number of benzene rings is 2. The second-order valence-corrected chi connectivity index (χ2v) is 7.57. The number of carbonyl (C=O) groups is 2. The van der Waals surface area contributed by atoms with E-state index in [9.17, 15) is 9.59 Å². The summed E-state index contributed by atoms with van der Waals surface area (Å²) < 4.78 is 0. The van der Waals surface area contributed by atoms with Crippen LogP contribution in [0.3, 0.4) is 0 Å². The van der Waals surface area contributed by atoms with Crippen LogP contribution in [0.25, 0.3) is 0 Å². The zero-order valence-electron chi connectivity index (χ0n) is 14.5. The molecule has 0 bridgehead atoms. The van der Waals surface area contributed by atoms with Crippen LogP contribution in [0.5, 0.6) is 0 Å². The summed E-state index contributed by atoms with van der Waals surface area (Å²) in [4.78, 5) is 25.2. The van der Waals surface area contributed by atoms with Gasteiger partial charge in [0.15, 0.2) is 0 Å². The molecule has 0 saturated carbocycles. The van der Waals surface area contributed by atoms with Gasteiger partial charge in [-0.1, -0.05) is 41.4 Å². The second kappa shape index (κ2) is 9.86. The number of halogens is 2. The maximum atomic E-state index is 12.7. The number of anilines is 1. The van der Waals surface area contributed by atoms with Gasteiger partial charge < -0.3 is 10.6 Å². The lowest BCUT2D eigenvalue weighted by molar-refractivity contribution is -0.118. The van der Waals surface area contributed by atoms with Gasteiger partial charge in [-0.05, 0) is 55.2 Å². The molecule has 4 nitrogen and oxygen atoms in total. The smallest absolute Gasteiger partial charge is 0.253 e. The van der Waals surface area contributed by atoms with Gasteiger partial charge in [-0.25, -0.2) is 0 Å². The van der Waals surface area contributed by atoms with Crippen molar-refractivity contribution in [1.29, 1.82) is 0 Å². The Balaban J connectivity index is 2.15. The predicted molar refractivity (Wildman–Crippen MR) is 111 cm³/mol. The van der Waals surface area contributed by atoms with Crippen molar-refractivity contribution in [3.8, 4) is 0 Å². The van der Waals surface area contributed by atoms with Crippen LogP contribution in [0, 0.1) is 6.92 Å². The number of nitrogens with one attached hydrogen (secondary N) is 2. The first-order valence-corrected chi connectivity index (χ1v) is 10.2. The minimum absolute atomic E-state index is 0.287. The van der Waals surface area contributed by atoms with Crippen LogP contribution < -0.4 is 10.6 Å².